The van der Waals surface area contributed by atoms with Crippen LogP contribution in [0.4, 0.5) is 5.69 Å². The average Bonchev–Trinajstić information content (AvgIpc) is 2.76. The summed E-state index contributed by atoms with van der Waals surface area (Å²) in [6, 6.07) is 15.1. The van der Waals surface area contributed by atoms with Crippen molar-refractivity contribution in [2.75, 3.05) is 12.4 Å². The van der Waals surface area contributed by atoms with Gasteiger partial charge < -0.3 is 10.1 Å². The Labute approximate surface area is 181 Å². The summed E-state index contributed by atoms with van der Waals surface area (Å²) in [5, 5.41) is 4.66. The van der Waals surface area contributed by atoms with Crippen LogP contribution >= 0.6 is 0 Å². The number of carbonyl (C=O) groups excluding carboxylic acids is 2. The lowest BCUT2D eigenvalue weighted by atomic mass is 9.68. The first-order valence-electron chi connectivity index (χ1n) is 10.5. The van der Waals surface area contributed by atoms with E-state index in [1.165, 1.54) is 7.11 Å². The lowest BCUT2D eigenvalue weighted by Gasteiger charge is -2.40. The Morgan fingerprint density at radius 3 is 2.61 bits per heavy atom. The summed E-state index contributed by atoms with van der Waals surface area (Å²) in [7, 11) is 1.37. The Morgan fingerprint density at radius 1 is 1.10 bits per heavy atom. The van der Waals surface area contributed by atoms with Gasteiger partial charge in [-0.3, -0.25) is 9.78 Å². The fourth-order valence-electron chi connectivity index (χ4n) is 4.90. The predicted octanol–water partition coefficient (Wildman–Crippen LogP) is 5.33. The Kier molecular flexibility index (Phi) is 4.43. The molecule has 5 heteroatoms. The number of rotatable bonds is 2. The molecule has 5 rings (SSSR count). The van der Waals surface area contributed by atoms with Gasteiger partial charge in [0.1, 0.15) is 0 Å². The second-order valence-corrected chi connectivity index (χ2v) is 9.08. The van der Waals surface area contributed by atoms with Gasteiger partial charge in [-0.15, -0.1) is 0 Å². The molecule has 0 saturated carbocycles. The second kappa shape index (κ2) is 7.05. The Morgan fingerprint density at radius 2 is 1.87 bits per heavy atom. The highest BCUT2D eigenvalue weighted by molar-refractivity contribution is 6.12. The fraction of sp³-hybridized carbons (Fsp3) is 0.269. The maximum Gasteiger partial charge on any atom is 0.337 e. The maximum atomic E-state index is 13.4. The molecule has 0 spiro atoms. The predicted molar refractivity (Wildman–Crippen MR) is 121 cm³/mol. The lowest BCUT2D eigenvalue weighted by Crippen LogP contribution is -2.33. The zero-order chi connectivity index (χ0) is 21.8. The number of hydrogen-bond acceptors (Lipinski definition) is 5. The molecule has 1 atom stereocenters. The van der Waals surface area contributed by atoms with Gasteiger partial charge in [-0.2, -0.15) is 0 Å². The molecule has 5 nitrogen and oxygen atoms in total. The minimum atomic E-state index is -0.372. The van der Waals surface area contributed by atoms with Crippen molar-refractivity contribution in [3.63, 3.8) is 0 Å². The van der Waals surface area contributed by atoms with Crippen LogP contribution in [-0.4, -0.2) is 23.8 Å². The van der Waals surface area contributed by atoms with Crippen molar-refractivity contribution in [1.82, 2.24) is 4.98 Å². The molecule has 31 heavy (non-hydrogen) atoms. The number of anilines is 1. The van der Waals surface area contributed by atoms with Crippen molar-refractivity contribution in [3.8, 4) is 0 Å². The first-order valence-corrected chi connectivity index (χ1v) is 10.5. The largest absolute Gasteiger partial charge is 0.465 e. The molecule has 1 aliphatic carbocycles. The summed E-state index contributed by atoms with van der Waals surface area (Å²) < 4.78 is 4.81. The summed E-state index contributed by atoms with van der Waals surface area (Å²) in [6.07, 6.45) is 3.14. The number of ether oxygens (including phenoxy) is 1. The number of ketones is 1. The third-order valence-electron chi connectivity index (χ3n) is 6.26. The van der Waals surface area contributed by atoms with Crippen LogP contribution in [0.2, 0.25) is 0 Å². The standard InChI is InChI=1S/C26H24N2O3/c1-26(2)13-18-22-17-5-4-12-27-19(17)10-11-20(22)28-24(23(18)21(29)14-26)15-6-8-16(9-7-15)25(30)31-3/h4-12,24,28H,13-14H2,1-3H3/t24-/m1/s1. The topological polar surface area (TPSA) is 68.3 Å². The van der Waals surface area contributed by atoms with Gasteiger partial charge >= 0.3 is 5.97 Å². The molecule has 1 aliphatic heterocycles. The number of esters is 1. The van der Waals surface area contributed by atoms with Gasteiger partial charge in [0.15, 0.2) is 5.78 Å². The third-order valence-corrected chi connectivity index (χ3v) is 6.26. The summed E-state index contributed by atoms with van der Waals surface area (Å²) in [4.78, 5) is 29.8. The Hall–Kier alpha value is -3.47. The van der Waals surface area contributed by atoms with Gasteiger partial charge in [0, 0.05) is 34.8 Å². The number of aromatic nitrogens is 1. The number of hydrogen-bond donors (Lipinski definition) is 1. The number of nitrogens with zero attached hydrogens (tertiary/aromatic N) is 1. The Balaban J connectivity index is 1.71. The number of benzene rings is 2. The molecule has 0 fully saturated rings. The van der Waals surface area contributed by atoms with E-state index in [1.54, 1.807) is 18.3 Å². The quantitative estimate of drug-likeness (QED) is 0.576. The maximum absolute atomic E-state index is 13.4. The molecule has 2 aliphatic rings. The normalized spacial score (nSPS) is 19.5. The van der Waals surface area contributed by atoms with E-state index in [4.69, 9.17) is 4.74 Å². The van der Waals surface area contributed by atoms with Crippen LogP contribution in [0.25, 0.3) is 16.5 Å². The van der Waals surface area contributed by atoms with Crippen molar-refractivity contribution in [3.05, 3.63) is 77.0 Å². The zero-order valence-electron chi connectivity index (χ0n) is 17.9. The number of nitrogens with one attached hydrogen (secondary N) is 1. The molecule has 0 unspecified atom stereocenters. The van der Waals surface area contributed by atoms with Crippen molar-refractivity contribution in [2.45, 2.75) is 32.7 Å². The molecule has 2 aromatic carbocycles. The molecule has 0 amide bonds. The van der Waals surface area contributed by atoms with E-state index in [2.05, 4.69) is 36.3 Å². The van der Waals surface area contributed by atoms with Gasteiger partial charge in [0.2, 0.25) is 0 Å². The van der Waals surface area contributed by atoms with E-state index >= 15 is 0 Å². The van der Waals surface area contributed by atoms with Gasteiger partial charge in [-0.25, -0.2) is 4.79 Å². The smallest absolute Gasteiger partial charge is 0.337 e. The van der Waals surface area contributed by atoms with E-state index < -0.39 is 0 Å². The fourth-order valence-corrected chi connectivity index (χ4v) is 4.90. The zero-order valence-corrected chi connectivity index (χ0v) is 17.9. The van der Waals surface area contributed by atoms with Crippen LogP contribution in [0.5, 0.6) is 0 Å². The molecule has 156 valence electrons. The van der Waals surface area contributed by atoms with Crippen molar-refractivity contribution in [2.24, 2.45) is 5.41 Å². The number of Topliss-reactive ketones (excluding diaryl/α,β-unsaturated/α-hetero) is 1. The number of allylic oxidation sites excluding steroid dienone is 1. The van der Waals surface area contributed by atoms with E-state index in [-0.39, 0.29) is 23.2 Å². The minimum absolute atomic E-state index is 0.103. The molecular formula is C26H24N2O3. The second-order valence-electron chi connectivity index (χ2n) is 9.08. The number of carbonyl (C=O) groups is 2. The molecule has 3 aromatic rings. The molecule has 0 bridgehead atoms. The summed E-state index contributed by atoms with van der Waals surface area (Å²) in [5.74, 6) is -0.199. The summed E-state index contributed by atoms with van der Waals surface area (Å²) >= 11 is 0. The average molecular weight is 412 g/mol. The molecule has 0 radical (unpaired) electrons. The lowest BCUT2D eigenvalue weighted by molar-refractivity contribution is -0.118. The van der Waals surface area contributed by atoms with Crippen LogP contribution < -0.4 is 5.32 Å². The SMILES string of the molecule is COC(=O)c1ccc([C@H]2Nc3ccc4ncccc4c3C3=C2C(=O)CC(C)(C)C3)cc1. The van der Waals surface area contributed by atoms with E-state index in [0.29, 0.717) is 12.0 Å². The number of pyridine rings is 1. The van der Waals surface area contributed by atoms with E-state index in [0.717, 1.165) is 45.3 Å². The molecule has 1 aromatic heterocycles. The third kappa shape index (κ3) is 3.21. The summed E-state index contributed by atoms with van der Waals surface area (Å²) in [6.45, 7) is 4.31. The Bertz CT molecular complexity index is 1260. The van der Waals surface area contributed by atoms with Gasteiger partial charge in [-0.05, 0) is 53.3 Å². The molecule has 1 N–H and O–H groups in total. The number of methoxy groups -OCH3 is 1. The highest BCUT2D eigenvalue weighted by atomic mass is 16.5. The van der Waals surface area contributed by atoms with Crippen LogP contribution in [-0.2, 0) is 9.53 Å². The van der Waals surface area contributed by atoms with Crippen LogP contribution in [0.3, 0.4) is 0 Å². The van der Waals surface area contributed by atoms with Crippen molar-refractivity contribution in [1.29, 1.82) is 0 Å². The van der Waals surface area contributed by atoms with Crippen LogP contribution in [0.15, 0.2) is 60.3 Å². The minimum Gasteiger partial charge on any atom is -0.465 e. The first-order chi connectivity index (χ1) is 14.9. The van der Waals surface area contributed by atoms with Crippen molar-refractivity contribution < 1.29 is 14.3 Å². The number of fused-ring (bicyclic) bond motifs is 4. The highest BCUT2D eigenvalue weighted by Gasteiger charge is 2.40. The molecule has 0 saturated heterocycles. The van der Waals surface area contributed by atoms with E-state index in [1.807, 2.05) is 24.3 Å². The van der Waals surface area contributed by atoms with Gasteiger partial charge in [0.05, 0.1) is 24.2 Å². The molecule has 2 heterocycles. The van der Waals surface area contributed by atoms with Crippen LogP contribution in [0.1, 0.15) is 54.2 Å². The monoisotopic (exact) mass is 412 g/mol. The first kappa shape index (κ1) is 19.5. The summed E-state index contributed by atoms with van der Waals surface area (Å²) in [5.41, 5.74) is 6.29. The van der Waals surface area contributed by atoms with Gasteiger partial charge in [-0.1, -0.05) is 32.0 Å². The van der Waals surface area contributed by atoms with Crippen molar-refractivity contribution >= 4 is 33.9 Å². The van der Waals surface area contributed by atoms with Gasteiger partial charge in [0.25, 0.3) is 0 Å². The highest BCUT2D eigenvalue weighted by Crippen LogP contribution is 2.51. The van der Waals surface area contributed by atoms with E-state index in [9.17, 15) is 9.59 Å². The molecular weight excluding hydrogens is 388 g/mol. The van der Waals surface area contributed by atoms with Crippen LogP contribution in [0, 0.1) is 5.41 Å².